The molecular formula is C15H14O2. The summed E-state index contributed by atoms with van der Waals surface area (Å²) in [4.78, 5) is 10.8. The molecule has 0 aliphatic heterocycles. The van der Waals surface area contributed by atoms with Crippen molar-refractivity contribution in [2.45, 2.75) is 13.3 Å². The van der Waals surface area contributed by atoms with Gasteiger partial charge in [-0.2, -0.15) is 0 Å². The van der Waals surface area contributed by atoms with E-state index in [-0.39, 0.29) is 5.75 Å². The van der Waals surface area contributed by atoms with E-state index < -0.39 is 0 Å². The van der Waals surface area contributed by atoms with Crippen molar-refractivity contribution in [3.63, 3.8) is 0 Å². The molecule has 1 N–H and O–H groups in total. The highest BCUT2D eigenvalue weighted by atomic mass is 16.3. The number of phenolic OH excluding ortho intramolecular Hbond substituents is 1. The molecule has 0 radical (unpaired) electrons. The zero-order valence-electron chi connectivity index (χ0n) is 9.68. The Labute approximate surface area is 101 Å². The molecule has 2 aromatic rings. The quantitative estimate of drug-likeness (QED) is 0.814. The number of aromatic hydroxyl groups is 1. The molecular weight excluding hydrogens is 212 g/mol. The van der Waals surface area contributed by atoms with Gasteiger partial charge in [-0.1, -0.05) is 37.3 Å². The highest BCUT2D eigenvalue weighted by molar-refractivity contribution is 5.82. The van der Waals surface area contributed by atoms with Crippen LogP contribution < -0.4 is 0 Å². The van der Waals surface area contributed by atoms with Crippen LogP contribution in [-0.2, 0) is 6.42 Å². The molecule has 2 rings (SSSR count). The molecule has 17 heavy (non-hydrogen) atoms. The molecule has 0 heterocycles. The monoisotopic (exact) mass is 226 g/mol. The van der Waals surface area contributed by atoms with Crippen molar-refractivity contribution in [3.05, 3.63) is 53.6 Å². The van der Waals surface area contributed by atoms with Crippen molar-refractivity contribution < 1.29 is 9.90 Å². The van der Waals surface area contributed by atoms with Crippen molar-refractivity contribution in [1.82, 2.24) is 0 Å². The number of carbonyl (C=O) groups is 1. The fourth-order valence-electron chi connectivity index (χ4n) is 1.80. The molecule has 0 aromatic heterocycles. The average Bonchev–Trinajstić information content (AvgIpc) is 2.39. The standard InChI is InChI=1S/C15H14O2/c1-2-11-4-3-5-12(8-11)13-6-7-15(17)14(9-13)10-16/h3-10,17H,2H2,1H3. The summed E-state index contributed by atoms with van der Waals surface area (Å²) in [6.07, 6.45) is 1.65. The smallest absolute Gasteiger partial charge is 0.153 e. The van der Waals surface area contributed by atoms with Crippen molar-refractivity contribution in [2.75, 3.05) is 0 Å². The molecule has 0 fully saturated rings. The number of benzene rings is 2. The molecule has 2 heteroatoms. The van der Waals surface area contributed by atoms with E-state index in [9.17, 15) is 9.90 Å². The number of aldehydes is 1. The lowest BCUT2D eigenvalue weighted by Crippen LogP contribution is -1.86. The van der Waals surface area contributed by atoms with Crippen LogP contribution in [-0.4, -0.2) is 11.4 Å². The second kappa shape index (κ2) is 4.83. The first-order valence-corrected chi connectivity index (χ1v) is 5.62. The average molecular weight is 226 g/mol. The van der Waals surface area contributed by atoms with E-state index >= 15 is 0 Å². The van der Waals surface area contributed by atoms with Crippen LogP contribution in [0.3, 0.4) is 0 Å². The summed E-state index contributed by atoms with van der Waals surface area (Å²) in [7, 11) is 0. The highest BCUT2D eigenvalue weighted by Gasteiger charge is 2.04. The fourth-order valence-corrected chi connectivity index (χ4v) is 1.80. The second-order valence-electron chi connectivity index (χ2n) is 3.95. The van der Waals surface area contributed by atoms with Gasteiger partial charge in [0.2, 0.25) is 0 Å². The van der Waals surface area contributed by atoms with Gasteiger partial charge in [0.25, 0.3) is 0 Å². The van der Waals surface area contributed by atoms with Crippen molar-refractivity contribution in [3.8, 4) is 16.9 Å². The lowest BCUT2D eigenvalue weighted by atomic mass is 10.0. The van der Waals surface area contributed by atoms with Gasteiger partial charge in [-0.25, -0.2) is 0 Å². The maximum atomic E-state index is 10.8. The topological polar surface area (TPSA) is 37.3 Å². The third kappa shape index (κ3) is 2.36. The molecule has 0 aliphatic carbocycles. The van der Waals surface area contributed by atoms with Crippen LogP contribution in [0.5, 0.6) is 5.75 Å². The Morgan fingerprint density at radius 1 is 1.12 bits per heavy atom. The third-order valence-corrected chi connectivity index (χ3v) is 2.82. The fraction of sp³-hybridized carbons (Fsp3) is 0.133. The minimum absolute atomic E-state index is 0.0235. The molecule has 86 valence electrons. The molecule has 0 atom stereocenters. The third-order valence-electron chi connectivity index (χ3n) is 2.82. The first-order valence-electron chi connectivity index (χ1n) is 5.62. The van der Waals surface area contributed by atoms with Crippen LogP contribution in [0.2, 0.25) is 0 Å². The summed E-state index contributed by atoms with van der Waals surface area (Å²) in [5.74, 6) is 0.0235. The van der Waals surface area contributed by atoms with Gasteiger partial charge < -0.3 is 5.11 Å². The molecule has 2 nitrogen and oxygen atoms in total. The Bertz CT molecular complexity index is 544. The van der Waals surface area contributed by atoms with Crippen molar-refractivity contribution >= 4 is 6.29 Å². The van der Waals surface area contributed by atoms with Crippen LogP contribution in [0.25, 0.3) is 11.1 Å². The van der Waals surface area contributed by atoms with Crippen LogP contribution in [0, 0.1) is 0 Å². The predicted molar refractivity (Wildman–Crippen MR) is 68.3 cm³/mol. The Morgan fingerprint density at radius 3 is 2.59 bits per heavy atom. The van der Waals surface area contributed by atoms with Crippen LogP contribution >= 0.6 is 0 Å². The summed E-state index contributed by atoms with van der Waals surface area (Å²) in [6, 6.07) is 13.2. The van der Waals surface area contributed by atoms with E-state index in [4.69, 9.17) is 0 Å². The Balaban J connectivity index is 2.48. The van der Waals surface area contributed by atoms with E-state index in [0.29, 0.717) is 11.8 Å². The van der Waals surface area contributed by atoms with E-state index in [1.165, 1.54) is 5.56 Å². The van der Waals surface area contributed by atoms with E-state index in [2.05, 4.69) is 19.1 Å². The first kappa shape index (κ1) is 11.4. The predicted octanol–water partition coefficient (Wildman–Crippen LogP) is 3.43. The summed E-state index contributed by atoms with van der Waals surface area (Å²) in [5, 5.41) is 9.45. The largest absolute Gasteiger partial charge is 0.507 e. The number of aryl methyl sites for hydroxylation is 1. The van der Waals surface area contributed by atoms with Gasteiger partial charge in [0, 0.05) is 0 Å². The van der Waals surface area contributed by atoms with E-state index in [1.54, 1.807) is 12.1 Å². The molecule has 0 saturated heterocycles. The Kier molecular flexibility index (Phi) is 3.24. The second-order valence-corrected chi connectivity index (χ2v) is 3.95. The van der Waals surface area contributed by atoms with E-state index in [1.807, 2.05) is 18.2 Å². The van der Waals surface area contributed by atoms with Gasteiger partial charge in [-0.15, -0.1) is 0 Å². The summed E-state index contributed by atoms with van der Waals surface area (Å²) >= 11 is 0. The lowest BCUT2D eigenvalue weighted by molar-refractivity contribution is 0.112. The molecule has 0 spiro atoms. The van der Waals surface area contributed by atoms with Gasteiger partial charge >= 0.3 is 0 Å². The van der Waals surface area contributed by atoms with Crippen LogP contribution in [0.4, 0.5) is 0 Å². The number of hydrogen-bond donors (Lipinski definition) is 1. The number of phenols is 1. The maximum absolute atomic E-state index is 10.8. The van der Waals surface area contributed by atoms with Gasteiger partial charge in [-0.05, 0) is 35.2 Å². The Hall–Kier alpha value is -2.09. The summed E-state index contributed by atoms with van der Waals surface area (Å²) < 4.78 is 0. The minimum atomic E-state index is 0.0235. The van der Waals surface area contributed by atoms with Crippen molar-refractivity contribution in [1.29, 1.82) is 0 Å². The Morgan fingerprint density at radius 2 is 1.88 bits per heavy atom. The molecule has 2 aromatic carbocycles. The van der Waals surface area contributed by atoms with Gasteiger partial charge in [-0.3, -0.25) is 4.79 Å². The SMILES string of the molecule is CCc1cccc(-c2ccc(O)c(C=O)c2)c1. The molecule has 0 amide bonds. The zero-order valence-corrected chi connectivity index (χ0v) is 9.68. The molecule has 0 aliphatic rings. The first-order chi connectivity index (χ1) is 8.24. The molecule has 0 bridgehead atoms. The highest BCUT2D eigenvalue weighted by Crippen LogP contribution is 2.25. The van der Waals surface area contributed by atoms with Gasteiger partial charge in [0.1, 0.15) is 5.75 Å². The number of hydrogen-bond acceptors (Lipinski definition) is 2. The molecule has 0 saturated carbocycles. The summed E-state index contributed by atoms with van der Waals surface area (Å²) in [5.41, 5.74) is 3.58. The normalized spacial score (nSPS) is 10.2. The van der Waals surface area contributed by atoms with Crippen molar-refractivity contribution in [2.24, 2.45) is 0 Å². The minimum Gasteiger partial charge on any atom is -0.507 e. The number of carbonyl (C=O) groups excluding carboxylic acids is 1. The maximum Gasteiger partial charge on any atom is 0.153 e. The van der Waals surface area contributed by atoms with Gasteiger partial charge in [0.05, 0.1) is 5.56 Å². The lowest BCUT2D eigenvalue weighted by Gasteiger charge is -2.05. The van der Waals surface area contributed by atoms with Gasteiger partial charge in [0.15, 0.2) is 6.29 Å². The van der Waals surface area contributed by atoms with Crippen LogP contribution in [0.1, 0.15) is 22.8 Å². The summed E-state index contributed by atoms with van der Waals surface area (Å²) in [6.45, 7) is 2.10. The zero-order chi connectivity index (χ0) is 12.3. The van der Waals surface area contributed by atoms with E-state index in [0.717, 1.165) is 17.5 Å². The number of rotatable bonds is 3. The molecule has 0 unspecified atom stereocenters. The van der Waals surface area contributed by atoms with Crippen LogP contribution in [0.15, 0.2) is 42.5 Å².